The minimum absolute atomic E-state index is 0.381. The summed E-state index contributed by atoms with van der Waals surface area (Å²) in [6, 6.07) is 17.4. The molecular formula is C20H17NO3. The zero-order chi connectivity index (χ0) is 16.5. The van der Waals surface area contributed by atoms with Gasteiger partial charge in [0.1, 0.15) is 11.0 Å². The van der Waals surface area contributed by atoms with Gasteiger partial charge in [-0.2, -0.15) is 0 Å². The minimum Gasteiger partial charge on any atom is -0.490 e. The van der Waals surface area contributed by atoms with Crippen molar-refractivity contribution in [2.24, 2.45) is 0 Å². The van der Waals surface area contributed by atoms with Crippen LogP contribution in [0.2, 0.25) is 0 Å². The fourth-order valence-corrected chi connectivity index (χ4v) is 2.95. The van der Waals surface area contributed by atoms with Crippen LogP contribution in [0, 0.1) is 0 Å². The number of rotatable bonds is 4. The summed E-state index contributed by atoms with van der Waals surface area (Å²) < 4.78 is 11.4. The van der Waals surface area contributed by atoms with E-state index < -0.39 is 0 Å². The van der Waals surface area contributed by atoms with Crippen molar-refractivity contribution in [2.75, 3.05) is 6.61 Å². The number of aromatic nitrogens is 1. The molecule has 0 spiro atoms. The van der Waals surface area contributed by atoms with Gasteiger partial charge in [0.05, 0.1) is 17.8 Å². The lowest BCUT2D eigenvalue weighted by Crippen LogP contribution is -2.02. The van der Waals surface area contributed by atoms with E-state index in [4.69, 9.17) is 9.15 Å². The van der Waals surface area contributed by atoms with Gasteiger partial charge < -0.3 is 14.1 Å². The van der Waals surface area contributed by atoms with E-state index in [1.807, 2.05) is 55.5 Å². The number of hydrogen-bond acceptors (Lipinski definition) is 3. The molecule has 2 aromatic carbocycles. The maximum atomic E-state index is 12.6. The molecule has 4 aromatic rings. The summed E-state index contributed by atoms with van der Waals surface area (Å²) in [6.07, 6.45) is 0.861. The minimum atomic E-state index is -0.381. The molecule has 4 heteroatoms. The molecule has 0 bridgehead atoms. The first-order valence-corrected chi connectivity index (χ1v) is 8.05. The van der Waals surface area contributed by atoms with Crippen LogP contribution in [0.4, 0.5) is 0 Å². The van der Waals surface area contributed by atoms with Gasteiger partial charge in [-0.05, 0) is 18.6 Å². The fourth-order valence-electron chi connectivity index (χ4n) is 2.95. The van der Waals surface area contributed by atoms with E-state index in [-0.39, 0.29) is 5.63 Å². The maximum absolute atomic E-state index is 12.6. The van der Waals surface area contributed by atoms with E-state index in [9.17, 15) is 4.79 Å². The largest absolute Gasteiger partial charge is 0.490 e. The molecule has 1 N–H and O–H groups in total. The number of aromatic amines is 1. The van der Waals surface area contributed by atoms with Crippen molar-refractivity contribution >= 4 is 21.9 Å². The summed E-state index contributed by atoms with van der Waals surface area (Å²) in [7, 11) is 0. The van der Waals surface area contributed by atoms with Crippen LogP contribution in [0.1, 0.15) is 13.3 Å². The van der Waals surface area contributed by atoms with Gasteiger partial charge in [-0.1, -0.05) is 49.4 Å². The van der Waals surface area contributed by atoms with Gasteiger partial charge >= 0.3 is 5.63 Å². The predicted octanol–water partition coefficient (Wildman–Crippen LogP) is 4.73. The Morgan fingerprint density at radius 1 is 1.04 bits per heavy atom. The smallest absolute Gasteiger partial charge is 0.349 e. The lowest BCUT2D eigenvalue weighted by atomic mass is 10.1. The van der Waals surface area contributed by atoms with E-state index in [1.54, 1.807) is 6.07 Å². The third-order valence-electron chi connectivity index (χ3n) is 4.03. The Morgan fingerprint density at radius 3 is 2.58 bits per heavy atom. The molecule has 0 aliphatic rings. The SMILES string of the molecule is CCCOc1c(-c2ccccc2)[nH]c2c1c(=O)oc1ccccc12. The number of H-pyrrole nitrogens is 1. The zero-order valence-corrected chi connectivity index (χ0v) is 13.3. The van der Waals surface area contributed by atoms with Crippen LogP contribution in [0.15, 0.2) is 63.8 Å². The standard InChI is InChI=1S/C20H17NO3/c1-2-12-23-19-16-18(21-17(19)13-8-4-3-5-9-13)14-10-6-7-11-15(14)24-20(16)22/h3-11,21H,2,12H2,1H3. The zero-order valence-electron chi connectivity index (χ0n) is 13.3. The van der Waals surface area contributed by atoms with Crippen LogP contribution >= 0.6 is 0 Å². The third kappa shape index (κ3) is 2.27. The number of hydrogen-bond donors (Lipinski definition) is 1. The van der Waals surface area contributed by atoms with Crippen LogP contribution < -0.4 is 10.4 Å². The normalized spacial score (nSPS) is 11.2. The predicted molar refractivity (Wildman–Crippen MR) is 95.6 cm³/mol. The van der Waals surface area contributed by atoms with E-state index in [0.29, 0.717) is 23.3 Å². The lowest BCUT2D eigenvalue weighted by Gasteiger charge is -2.06. The van der Waals surface area contributed by atoms with E-state index in [1.165, 1.54) is 0 Å². The average Bonchev–Trinajstić information content (AvgIpc) is 3.01. The summed E-state index contributed by atoms with van der Waals surface area (Å²) in [6.45, 7) is 2.58. The van der Waals surface area contributed by atoms with Crippen molar-refractivity contribution in [3.63, 3.8) is 0 Å². The second-order valence-electron chi connectivity index (χ2n) is 5.68. The van der Waals surface area contributed by atoms with Gasteiger partial charge in [-0.25, -0.2) is 4.79 Å². The van der Waals surface area contributed by atoms with Crippen molar-refractivity contribution in [3.8, 4) is 17.0 Å². The van der Waals surface area contributed by atoms with Crippen molar-refractivity contribution in [3.05, 3.63) is 65.0 Å². The second kappa shape index (κ2) is 5.89. The quantitative estimate of drug-likeness (QED) is 0.553. The Morgan fingerprint density at radius 2 is 1.79 bits per heavy atom. The molecule has 0 saturated heterocycles. The molecule has 4 nitrogen and oxygen atoms in total. The fraction of sp³-hybridized carbons (Fsp3) is 0.150. The van der Waals surface area contributed by atoms with Gasteiger partial charge in [0.25, 0.3) is 0 Å². The highest BCUT2D eigenvalue weighted by Crippen LogP contribution is 2.38. The molecule has 24 heavy (non-hydrogen) atoms. The maximum Gasteiger partial charge on any atom is 0.349 e. The molecule has 2 aromatic heterocycles. The highest BCUT2D eigenvalue weighted by Gasteiger charge is 2.20. The first-order chi connectivity index (χ1) is 11.8. The Bertz CT molecular complexity index is 1060. The molecule has 0 fully saturated rings. The molecule has 0 atom stereocenters. The second-order valence-corrected chi connectivity index (χ2v) is 5.68. The highest BCUT2D eigenvalue weighted by molar-refractivity contribution is 6.07. The van der Waals surface area contributed by atoms with Gasteiger partial charge in [0, 0.05) is 10.9 Å². The van der Waals surface area contributed by atoms with Crippen LogP contribution in [-0.4, -0.2) is 11.6 Å². The van der Waals surface area contributed by atoms with Crippen molar-refractivity contribution < 1.29 is 9.15 Å². The first-order valence-electron chi connectivity index (χ1n) is 8.05. The Labute approximate surface area is 138 Å². The molecular weight excluding hydrogens is 302 g/mol. The van der Waals surface area contributed by atoms with Crippen molar-refractivity contribution in [2.45, 2.75) is 13.3 Å². The van der Waals surface area contributed by atoms with Gasteiger partial charge in [-0.3, -0.25) is 0 Å². The van der Waals surface area contributed by atoms with Crippen LogP contribution in [0.5, 0.6) is 5.75 Å². The number of para-hydroxylation sites is 1. The van der Waals surface area contributed by atoms with Crippen molar-refractivity contribution in [1.29, 1.82) is 0 Å². The Balaban J connectivity index is 2.10. The number of nitrogens with one attached hydrogen (secondary N) is 1. The lowest BCUT2D eigenvalue weighted by molar-refractivity contribution is 0.321. The molecule has 0 radical (unpaired) electrons. The van der Waals surface area contributed by atoms with Gasteiger partial charge in [-0.15, -0.1) is 0 Å². The van der Waals surface area contributed by atoms with Gasteiger partial charge in [0.15, 0.2) is 5.75 Å². The summed E-state index contributed by atoms with van der Waals surface area (Å²) in [5, 5.41) is 1.34. The van der Waals surface area contributed by atoms with E-state index in [2.05, 4.69) is 4.98 Å². The molecule has 0 saturated carbocycles. The summed E-state index contributed by atoms with van der Waals surface area (Å²) >= 11 is 0. The number of fused-ring (bicyclic) bond motifs is 3. The number of benzene rings is 2. The summed E-state index contributed by atoms with van der Waals surface area (Å²) in [5.41, 5.74) is 2.73. The molecule has 0 unspecified atom stereocenters. The molecule has 4 rings (SSSR count). The van der Waals surface area contributed by atoms with Crippen molar-refractivity contribution in [1.82, 2.24) is 4.98 Å². The molecule has 0 amide bonds. The van der Waals surface area contributed by atoms with Gasteiger partial charge in [0.2, 0.25) is 0 Å². The van der Waals surface area contributed by atoms with E-state index >= 15 is 0 Å². The van der Waals surface area contributed by atoms with E-state index in [0.717, 1.165) is 28.6 Å². The molecule has 0 aliphatic carbocycles. The van der Waals surface area contributed by atoms with Crippen LogP contribution in [-0.2, 0) is 0 Å². The summed E-state index contributed by atoms with van der Waals surface area (Å²) in [4.78, 5) is 15.9. The molecule has 0 aliphatic heterocycles. The highest BCUT2D eigenvalue weighted by atomic mass is 16.5. The van der Waals surface area contributed by atoms with Crippen LogP contribution in [0.3, 0.4) is 0 Å². The first kappa shape index (κ1) is 14.6. The monoisotopic (exact) mass is 319 g/mol. The Hall–Kier alpha value is -3.01. The molecule has 2 heterocycles. The topological polar surface area (TPSA) is 55.2 Å². The summed E-state index contributed by atoms with van der Waals surface area (Å²) in [5.74, 6) is 0.567. The number of ether oxygens (including phenoxy) is 1. The Kier molecular flexibility index (Phi) is 3.58. The third-order valence-corrected chi connectivity index (χ3v) is 4.03. The molecule has 120 valence electrons. The van der Waals surface area contributed by atoms with Crippen LogP contribution in [0.25, 0.3) is 33.1 Å². The average molecular weight is 319 g/mol.